The Morgan fingerprint density at radius 2 is 2.40 bits per heavy atom. The molecule has 1 heterocycles. The van der Waals surface area contributed by atoms with Gasteiger partial charge < -0.3 is 5.32 Å². The Kier molecular flexibility index (Phi) is 1.95. The quantitative estimate of drug-likeness (QED) is 0.578. The third kappa shape index (κ3) is 1.13. The minimum atomic E-state index is 0.575. The van der Waals surface area contributed by atoms with Crippen molar-refractivity contribution in [3.8, 4) is 0 Å². The molecule has 1 atom stereocenters. The summed E-state index contributed by atoms with van der Waals surface area (Å²) in [5.41, 5.74) is 2.34. The summed E-state index contributed by atoms with van der Waals surface area (Å²) in [6, 6.07) is 0. The molecule has 0 saturated carbocycles. The van der Waals surface area contributed by atoms with E-state index < -0.39 is 0 Å². The zero-order valence-corrected chi connectivity index (χ0v) is 6.35. The fourth-order valence-corrected chi connectivity index (χ4v) is 1.05. The van der Waals surface area contributed by atoms with Gasteiger partial charge >= 0.3 is 0 Å². The zero-order valence-electron chi connectivity index (χ0n) is 6.35. The zero-order chi connectivity index (χ0) is 7.56. The van der Waals surface area contributed by atoms with E-state index in [0.717, 1.165) is 12.2 Å². The van der Waals surface area contributed by atoms with Crippen molar-refractivity contribution in [3.63, 3.8) is 0 Å². The highest BCUT2D eigenvalue weighted by atomic mass is 14.9. The molecule has 1 aliphatic rings. The molecule has 0 aromatic rings. The maximum absolute atomic E-state index is 3.96. The summed E-state index contributed by atoms with van der Waals surface area (Å²) in [7, 11) is 0. The summed E-state index contributed by atoms with van der Waals surface area (Å²) < 4.78 is 0. The largest absolute Gasteiger partial charge is 0.384 e. The normalized spacial score (nSPS) is 28.7. The molecule has 0 radical (unpaired) electrons. The van der Waals surface area contributed by atoms with Crippen LogP contribution >= 0.6 is 0 Å². The van der Waals surface area contributed by atoms with Crippen LogP contribution in [-0.2, 0) is 0 Å². The van der Waals surface area contributed by atoms with Gasteiger partial charge in [0.1, 0.15) is 0 Å². The molecule has 1 saturated heterocycles. The summed E-state index contributed by atoms with van der Waals surface area (Å²) in [6.07, 6.45) is 3.75. The van der Waals surface area contributed by atoms with Gasteiger partial charge in [0, 0.05) is 12.2 Å². The summed E-state index contributed by atoms with van der Waals surface area (Å²) in [4.78, 5) is 0. The van der Waals surface area contributed by atoms with Crippen LogP contribution in [0.1, 0.15) is 6.92 Å². The second-order valence-electron chi connectivity index (χ2n) is 2.62. The lowest BCUT2D eigenvalue weighted by Crippen LogP contribution is -2.05. The van der Waals surface area contributed by atoms with Gasteiger partial charge in [0.2, 0.25) is 0 Å². The number of nitrogens with one attached hydrogen (secondary N) is 1. The van der Waals surface area contributed by atoms with E-state index in [0.29, 0.717) is 5.92 Å². The van der Waals surface area contributed by atoms with Gasteiger partial charge in [-0.2, -0.15) is 0 Å². The lowest BCUT2D eigenvalue weighted by Gasteiger charge is -1.98. The van der Waals surface area contributed by atoms with Crippen LogP contribution in [0.15, 0.2) is 36.6 Å². The van der Waals surface area contributed by atoms with Crippen molar-refractivity contribution in [3.05, 3.63) is 36.6 Å². The number of hydrogen-bond donors (Lipinski definition) is 1. The van der Waals surface area contributed by atoms with Gasteiger partial charge in [-0.1, -0.05) is 26.2 Å². The highest BCUT2D eigenvalue weighted by Gasteiger charge is 2.17. The van der Waals surface area contributed by atoms with Crippen molar-refractivity contribution in [2.45, 2.75) is 6.92 Å². The first-order chi connectivity index (χ1) is 4.75. The van der Waals surface area contributed by atoms with E-state index in [4.69, 9.17) is 0 Å². The highest BCUT2D eigenvalue weighted by molar-refractivity contribution is 5.35. The first-order valence-electron chi connectivity index (χ1n) is 3.51. The molecule has 0 aliphatic carbocycles. The molecule has 54 valence electrons. The van der Waals surface area contributed by atoms with Crippen molar-refractivity contribution in [2.75, 3.05) is 6.54 Å². The number of allylic oxidation sites excluding steroid dienone is 3. The van der Waals surface area contributed by atoms with E-state index >= 15 is 0 Å². The lowest BCUT2D eigenvalue weighted by atomic mass is 10.1. The van der Waals surface area contributed by atoms with Crippen molar-refractivity contribution in [2.24, 2.45) is 5.92 Å². The van der Waals surface area contributed by atoms with E-state index in [1.807, 2.05) is 6.08 Å². The molecular formula is C9H13N. The monoisotopic (exact) mass is 135 g/mol. The first-order valence-corrected chi connectivity index (χ1v) is 3.51. The molecule has 0 amide bonds. The minimum absolute atomic E-state index is 0.575. The number of rotatable bonds is 1. The lowest BCUT2D eigenvalue weighted by molar-refractivity contribution is 0.725. The maximum Gasteiger partial charge on any atom is 0.0370 e. The molecule has 1 rings (SSSR count). The smallest absolute Gasteiger partial charge is 0.0370 e. The Labute approximate surface area is 62.1 Å². The number of hydrogen-bond acceptors (Lipinski definition) is 1. The average molecular weight is 135 g/mol. The molecule has 1 unspecified atom stereocenters. The molecule has 0 bridgehead atoms. The molecule has 0 aromatic carbocycles. The topological polar surface area (TPSA) is 12.0 Å². The molecule has 1 heteroatoms. The van der Waals surface area contributed by atoms with Gasteiger partial charge in [-0.25, -0.2) is 0 Å². The fourth-order valence-electron chi connectivity index (χ4n) is 1.05. The van der Waals surface area contributed by atoms with Gasteiger partial charge in [0.25, 0.3) is 0 Å². The van der Waals surface area contributed by atoms with Crippen LogP contribution in [0, 0.1) is 5.92 Å². The Morgan fingerprint density at radius 3 is 2.80 bits per heavy atom. The van der Waals surface area contributed by atoms with Crippen molar-refractivity contribution >= 4 is 0 Å². The van der Waals surface area contributed by atoms with Gasteiger partial charge in [-0.05, 0) is 17.6 Å². The second-order valence-corrected chi connectivity index (χ2v) is 2.62. The third-order valence-corrected chi connectivity index (χ3v) is 1.82. The molecule has 1 fully saturated rings. The second kappa shape index (κ2) is 2.74. The standard InChI is InChI=1S/C9H13N/c1-4-5-9-8(3)7(2)6-10-9/h4-5,7,10H,1,3,6H2,2H3/b9-5+. The maximum atomic E-state index is 3.96. The Bertz CT molecular complexity index is 189. The summed E-state index contributed by atoms with van der Waals surface area (Å²) in [5.74, 6) is 0.575. The van der Waals surface area contributed by atoms with Gasteiger partial charge in [0.15, 0.2) is 0 Å². The van der Waals surface area contributed by atoms with Crippen LogP contribution in [0.5, 0.6) is 0 Å². The Morgan fingerprint density at radius 1 is 1.70 bits per heavy atom. The minimum Gasteiger partial charge on any atom is -0.384 e. The predicted molar refractivity (Wildman–Crippen MR) is 44.6 cm³/mol. The van der Waals surface area contributed by atoms with E-state index in [1.54, 1.807) is 6.08 Å². The van der Waals surface area contributed by atoms with Crippen molar-refractivity contribution in [1.29, 1.82) is 0 Å². The highest BCUT2D eigenvalue weighted by Crippen LogP contribution is 2.21. The first kappa shape index (κ1) is 7.13. The summed E-state index contributed by atoms with van der Waals surface area (Å²) in [6.45, 7) is 10.8. The van der Waals surface area contributed by atoms with Crippen LogP contribution in [-0.4, -0.2) is 6.54 Å². The van der Waals surface area contributed by atoms with Crippen LogP contribution in [0.3, 0.4) is 0 Å². The molecular weight excluding hydrogens is 122 g/mol. The van der Waals surface area contributed by atoms with E-state index in [9.17, 15) is 0 Å². The molecule has 0 aromatic heterocycles. The Balaban J connectivity index is 2.75. The van der Waals surface area contributed by atoms with Crippen LogP contribution in [0.2, 0.25) is 0 Å². The average Bonchev–Trinajstić information content (AvgIpc) is 2.20. The SMILES string of the molecule is C=C/C=C1/NCC(C)C1=C. The van der Waals surface area contributed by atoms with E-state index in [1.165, 1.54) is 5.57 Å². The fraction of sp³-hybridized carbons (Fsp3) is 0.333. The van der Waals surface area contributed by atoms with Crippen LogP contribution in [0.25, 0.3) is 0 Å². The molecule has 1 N–H and O–H groups in total. The van der Waals surface area contributed by atoms with E-state index in [-0.39, 0.29) is 0 Å². The van der Waals surface area contributed by atoms with Crippen LogP contribution < -0.4 is 5.32 Å². The molecule has 0 spiro atoms. The van der Waals surface area contributed by atoms with E-state index in [2.05, 4.69) is 25.4 Å². The molecule has 1 nitrogen and oxygen atoms in total. The Hall–Kier alpha value is -0.980. The summed E-state index contributed by atoms with van der Waals surface area (Å²) in [5, 5.41) is 3.25. The van der Waals surface area contributed by atoms with Crippen molar-refractivity contribution in [1.82, 2.24) is 5.32 Å². The van der Waals surface area contributed by atoms with Crippen LogP contribution in [0.4, 0.5) is 0 Å². The molecule has 1 aliphatic heterocycles. The molecule has 10 heavy (non-hydrogen) atoms. The van der Waals surface area contributed by atoms with Crippen molar-refractivity contribution < 1.29 is 0 Å². The van der Waals surface area contributed by atoms with Gasteiger partial charge in [0.05, 0.1) is 0 Å². The summed E-state index contributed by atoms with van der Waals surface area (Å²) >= 11 is 0. The van der Waals surface area contributed by atoms with Gasteiger partial charge in [-0.3, -0.25) is 0 Å². The third-order valence-electron chi connectivity index (χ3n) is 1.82. The predicted octanol–water partition coefficient (Wildman–Crippen LogP) is 1.85. The van der Waals surface area contributed by atoms with Gasteiger partial charge in [-0.15, -0.1) is 0 Å².